The Kier molecular flexibility index (Phi) is 5.39. The minimum atomic E-state index is 0.123. The molecule has 1 amide bonds. The van der Waals surface area contributed by atoms with Crippen molar-refractivity contribution in [3.63, 3.8) is 0 Å². The normalized spacial score (nSPS) is 11.1. The molecule has 0 saturated heterocycles. The number of hydrogen-bond acceptors (Lipinski definition) is 1. The highest BCUT2D eigenvalue weighted by molar-refractivity contribution is 9.10. The first-order chi connectivity index (χ1) is 8.34. The number of nitrogens with zero attached hydrogens (tertiary/aromatic N) is 1. The summed E-state index contributed by atoms with van der Waals surface area (Å²) in [7, 11) is 0. The smallest absolute Gasteiger partial charge is 0.254 e. The van der Waals surface area contributed by atoms with Gasteiger partial charge in [-0.1, -0.05) is 35.8 Å². The first kappa shape index (κ1) is 15.2. The van der Waals surface area contributed by atoms with Gasteiger partial charge in [-0.3, -0.25) is 4.79 Å². The number of carbonyl (C=O) groups is 1. The predicted molar refractivity (Wildman–Crippen MR) is 79.9 cm³/mol. The lowest BCUT2D eigenvalue weighted by Gasteiger charge is -2.29. The van der Waals surface area contributed by atoms with Crippen LogP contribution in [0.1, 0.15) is 43.6 Å². The topological polar surface area (TPSA) is 20.3 Å². The van der Waals surface area contributed by atoms with Gasteiger partial charge in [0.1, 0.15) is 0 Å². The van der Waals surface area contributed by atoms with E-state index >= 15 is 0 Å². The van der Waals surface area contributed by atoms with Crippen molar-refractivity contribution in [1.82, 2.24) is 4.90 Å². The maximum atomic E-state index is 12.6. The predicted octanol–water partition coefficient (Wildman–Crippen LogP) is 4.26. The highest BCUT2D eigenvalue weighted by Gasteiger charge is 2.21. The quantitative estimate of drug-likeness (QED) is 0.813. The van der Waals surface area contributed by atoms with Gasteiger partial charge in [0.15, 0.2) is 0 Å². The second-order valence-corrected chi connectivity index (χ2v) is 6.21. The van der Waals surface area contributed by atoms with Crippen LogP contribution in [0.4, 0.5) is 0 Å². The summed E-state index contributed by atoms with van der Waals surface area (Å²) in [6.07, 6.45) is 0. The molecule has 2 nitrogen and oxygen atoms in total. The lowest BCUT2D eigenvalue weighted by molar-refractivity contribution is 0.0681. The summed E-state index contributed by atoms with van der Waals surface area (Å²) >= 11 is 3.48. The number of rotatable bonds is 4. The van der Waals surface area contributed by atoms with Crippen molar-refractivity contribution in [2.75, 3.05) is 6.54 Å². The Morgan fingerprint density at radius 1 is 1.28 bits per heavy atom. The zero-order chi connectivity index (χ0) is 13.9. The van der Waals surface area contributed by atoms with Gasteiger partial charge in [0.05, 0.1) is 0 Å². The molecule has 0 aliphatic heterocycles. The van der Waals surface area contributed by atoms with E-state index in [1.165, 1.54) is 0 Å². The van der Waals surface area contributed by atoms with Gasteiger partial charge < -0.3 is 4.90 Å². The third-order valence-corrected chi connectivity index (χ3v) is 3.80. The monoisotopic (exact) mass is 311 g/mol. The summed E-state index contributed by atoms with van der Waals surface area (Å²) in [4.78, 5) is 14.5. The van der Waals surface area contributed by atoms with E-state index in [9.17, 15) is 4.79 Å². The summed E-state index contributed by atoms with van der Waals surface area (Å²) in [5.41, 5.74) is 1.80. The van der Waals surface area contributed by atoms with E-state index in [0.717, 1.165) is 22.1 Å². The zero-order valence-electron chi connectivity index (χ0n) is 11.8. The minimum Gasteiger partial charge on any atom is -0.336 e. The zero-order valence-corrected chi connectivity index (χ0v) is 13.4. The van der Waals surface area contributed by atoms with E-state index in [0.29, 0.717) is 5.92 Å². The Morgan fingerprint density at radius 2 is 1.89 bits per heavy atom. The third kappa shape index (κ3) is 3.58. The molecule has 0 spiro atoms. The Labute approximate surface area is 119 Å². The highest BCUT2D eigenvalue weighted by atomic mass is 79.9. The van der Waals surface area contributed by atoms with Crippen molar-refractivity contribution in [2.24, 2.45) is 5.92 Å². The van der Waals surface area contributed by atoms with Crippen molar-refractivity contribution >= 4 is 21.8 Å². The maximum absolute atomic E-state index is 12.6. The van der Waals surface area contributed by atoms with Gasteiger partial charge in [-0.2, -0.15) is 0 Å². The molecule has 0 heterocycles. The van der Waals surface area contributed by atoms with Crippen LogP contribution in [0.3, 0.4) is 0 Å². The van der Waals surface area contributed by atoms with Crippen LogP contribution in [0.15, 0.2) is 22.7 Å². The van der Waals surface area contributed by atoms with Crippen molar-refractivity contribution < 1.29 is 4.79 Å². The second kappa shape index (κ2) is 6.37. The summed E-state index contributed by atoms with van der Waals surface area (Å²) < 4.78 is 0.988. The summed E-state index contributed by atoms with van der Waals surface area (Å²) in [5, 5.41) is 0. The summed E-state index contributed by atoms with van der Waals surface area (Å²) in [6.45, 7) is 11.2. The standard InChI is InChI=1S/C15H22BrNO/c1-10(2)9-17(11(3)4)15(18)13-7-6-8-14(16)12(13)5/h6-8,10-11H,9H2,1-5H3. The highest BCUT2D eigenvalue weighted by Crippen LogP contribution is 2.21. The molecule has 0 bridgehead atoms. The van der Waals surface area contributed by atoms with Crippen LogP contribution in [0.2, 0.25) is 0 Å². The second-order valence-electron chi connectivity index (χ2n) is 5.36. The van der Waals surface area contributed by atoms with Crippen molar-refractivity contribution in [2.45, 2.75) is 40.7 Å². The molecule has 100 valence electrons. The van der Waals surface area contributed by atoms with E-state index < -0.39 is 0 Å². The summed E-state index contributed by atoms with van der Waals surface area (Å²) in [6, 6.07) is 6.00. The average molecular weight is 312 g/mol. The Hall–Kier alpha value is -0.830. The van der Waals surface area contributed by atoms with Crippen LogP contribution in [0.5, 0.6) is 0 Å². The largest absolute Gasteiger partial charge is 0.336 e. The first-order valence-corrected chi connectivity index (χ1v) is 7.20. The van der Waals surface area contributed by atoms with E-state index in [1.54, 1.807) is 0 Å². The Balaban J connectivity index is 3.06. The van der Waals surface area contributed by atoms with Gasteiger partial charge in [0, 0.05) is 22.6 Å². The van der Waals surface area contributed by atoms with Gasteiger partial charge in [0.2, 0.25) is 0 Å². The van der Waals surface area contributed by atoms with Crippen LogP contribution in [-0.4, -0.2) is 23.4 Å². The lowest BCUT2D eigenvalue weighted by Crippen LogP contribution is -2.39. The van der Waals surface area contributed by atoms with E-state index in [1.807, 2.05) is 30.0 Å². The average Bonchev–Trinajstić information content (AvgIpc) is 2.28. The van der Waals surface area contributed by atoms with Crippen molar-refractivity contribution in [3.05, 3.63) is 33.8 Å². The Morgan fingerprint density at radius 3 is 2.39 bits per heavy atom. The minimum absolute atomic E-state index is 0.123. The molecule has 1 rings (SSSR count). The molecule has 3 heteroatoms. The number of carbonyl (C=O) groups excluding carboxylic acids is 1. The van der Waals surface area contributed by atoms with E-state index in [2.05, 4.69) is 43.6 Å². The van der Waals surface area contributed by atoms with Crippen molar-refractivity contribution in [1.29, 1.82) is 0 Å². The van der Waals surface area contributed by atoms with Gasteiger partial charge in [-0.25, -0.2) is 0 Å². The fourth-order valence-corrected chi connectivity index (χ4v) is 2.28. The maximum Gasteiger partial charge on any atom is 0.254 e. The van der Waals surface area contributed by atoms with Crippen LogP contribution in [-0.2, 0) is 0 Å². The number of halogens is 1. The molecule has 0 aliphatic carbocycles. The first-order valence-electron chi connectivity index (χ1n) is 6.40. The fraction of sp³-hybridized carbons (Fsp3) is 0.533. The molecule has 0 unspecified atom stereocenters. The number of hydrogen-bond donors (Lipinski definition) is 0. The Bertz CT molecular complexity index is 427. The molecule has 0 fully saturated rings. The van der Waals surface area contributed by atoms with Crippen LogP contribution < -0.4 is 0 Å². The van der Waals surface area contributed by atoms with Gasteiger partial charge in [-0.15, -0.1) is 0 Å². The van der Waals surface area contributed by atoms with Crippen LogP contribution in [0.25, 0.3) is 0 Å². The number of amides is 1. The van der Waals surface area contributed by atoms with E-state index in [-0.39, 0.29) is 11.9 Å². The molecule has 0 radical (unpaired) electrons. The van der Waals surface area contributed by atoms with Crippen LogP contribution in [0, 0.1) is 12.8 Å². The molecule has 0 atom stereocenters. The van der Waals surface area contributed by atoms with Crippen molar-refractivity contribution in [3.8, 4) is 0 Å². The lowest BCUT2D eigenvalue weighted by atomic mass is 10.1. The molecule has 18 heavy (non-hydrogen) atoms. The molecule has 1 aromatic rings. The SMILES string of the molecule is Cc1c(Br)cccc1C(=O)N(CC(C)C)C(C)C. The van der Waals surface area contributed by atoms with Gasteiger partial charge in [-0.05, 0) is 44.4 Å². The summed E-state index contributed by atoms with van der Waals surface area (Å²) in [5.74, 6) is 0.598. The van der Waals surface area contributed by atoms with Gasteiger partial charge in [0.25, 0.3) is 5.91 Å². The molecular weight excluding hydrogens is 290 g/mol. The fourth-order valence-electron chi connectivity index (χ4n) is 1.92. The molecule has 0 aromatic heterocycles. The van der Waals surface area contributed by atoms with Gasteiger partial charge >= 0.3 is 0 Å². The molecule has 0 aliphatic rings. The number of benzene rings is 1. The van der Waals surface area contributed by atoms with E-state index in [4.69, 9.17) is 0 Å². The third-order valence-electron chi connectivity index (χ3n) is 2.94. The molecular formula is C15H22BrNO. The molecule has 1 aromatic carbocycles. The molecule has 0 saturated carbocycles. The molecule has 0 N–H and O–H groups in total. The van der Waals surface area contributed by atoms with Crippen LogP contribution >= 0.6 is 15.9 Å².